The summed E-state index contributed by atoms with van der Waals surface area (Å²) in [4.78, 5) is 16.7. The molecule has 3 rings (SSSR count). The molecule has 3 aromatic rings. The largest absolute Gasteiger partial charge is 0.493 e. The zero-order chi connectivity index (χ0) is 20.6. The summed E-state index contributed by atoms with van der Waals surface area (Å²) in [6.07, 6.45) is 5.26. The number of anilines is 1. The molecule has 0 aliphatic rings. The van der Waals surface area contributed by atoms with Gasteiger partial charge < -0.3 is 4.74 Å². The molecule has 29 heavy (non-hydrogen) atoms. The molecule has 150 valence electrons. The van der Waals surface area contributed by atoms with Crippen molar-refractivity contribution in [2.24, 2.45) is 0 Å². The Balaban J connectivity index is 1.65. The third-order valence-corrected chi connectivity index (χ3v) is 5.34. The number of hydrogen-bond acceptors (Lipinski definition) is 4. The lowest BCUT2D eigenvalue weighted by Crippen LogP contribution is -2.07. The fourth-order valence-corrected chi connectivity index (χ4v) is 3.76. The van der Waals surface area contributed by atoms with Gasteiger partial charge in [0.25, 0.3) is 0 Å². The Morgan fingerprint density at radius 3 is 2.86 bits per heavy atom. The lowest BCUT2D eigenvalue weighted by molar-refractivity contribution is -0.111. The number of unbranched alkanes of at least 4 members (excludes halogenated alkanes) is 1. The van der Waals surface area contributed by atoms with Crippen molar-refractivity contribution in [1.82, 2.24) is 4.98 Å². The summed E-state index contributed by atoms with van der Waals surface area (Å²) >= 11 is 13.5. The highest BCUT2D eigenvalue weighted by molar-refractivity contribution is 7.14. The van der Waals surface area contributed by atoms with E-state index in [1.54, 1.807) is 24.3 Å². The maximum atomic E-state index is 12.3. The Labute approximate surface area is 184 Å². The first-order valence-electron chi connectivity index (χ1n) is 9.18. The van der Waals surface area contributed by atoms with Gasteiger partial charge >= 0.3 is 0 Å². The summed E-state index contributed by atoms with van der Waals surface area (Å²) in [5.74, 6) is 0.496. The van der Waals surface area contributed by atoms with Gasteiger partial charge in [-0.05, 0) is 36.8 Å². The fourth-order valence-electron chi connectivity index (χ4n) is 2.54. The Morgan fingerprint density at radius 2 is 2.07 bits per heavy atom. The number of ether oxygens (including phenoxy) is 1. The first kappa shape index (κ1) is 21.4. The SMILES string of the molecule is CCCCOc1ccccc1C=CC(=O)Nc1nc(-c2ccc(Cl)cc2Cl)cs1. The molecule has 0 unspecified atom stereocenters. The van der Waals surface area contributed by atoms with Gasteiger partial charge in [0, 0.05) is 27.6 Å². The number of para-hydroxylation sites is 1. The van der Waals surface area contributed by atoms with Gasteiger partial charge in [-0.2, -0.15) is 0 Å². The van der Waals surface area contributed by atoms with Gasteiger partial charge in [0.15, 0.2) is 5.13 Å². The minimum Gasteiger partial charge on any atom is -0.493 e. The molecular formula is C22H20Cl2N2O2S. The van der Waals surface area contributed by atoms with Crippen LogP contribution in [-0.2, 0) is 4.79 Å². The van der Waals surface area contributed by atoms with Crippen molar-refractivity contribution in [2.45, 2.75) is 19.8 Å². The number of carbonyl (C=O) groups is 1. The Kier molecular flexibility index (Phi) is 7.69. The van der Waals surface area contributed by atoms with E-state index in [1.165, 1.54) is 17.4 Å². The van der Waals surface area contributed by atoms with Gasteiger partial charge in [-0.25, -0.2) is 4.98 Å². The number of amides is 1. The highest BCUT2D eigenvalue weighted by atomic mass is 35.5. The second-order valence-corrected chi connectivity index (χ2v) is 7.93. The third-order valence-electron chi connectivity index (χ3n) is 4.03. The Bertz CT molecular complexity index is 1020. The van der Waals surface area contributed by atoms with E-state index in [1.807, 2.05) is 29.6 Å². The van der Waals surface area contributed by atoms with Crippen LogP contribution in [0.25, 0.3) is 17.3 Å². The molecule has 2 aromatic carbocycles. The lowest BCUT2D eigenvalue weighted by Gasteiger charge is -2.08. The molecular weight excluding hydrogens is 427 g/mol. The highest BCUT2D eigenvalue weighted by Gasteiger charge is 2.10. The summed E-state index contributed by atoms with van der Waals surface area (Å²) in [5, 5.41) is 6.18. The van der Waals surface area contributed by atoms with E-state index in [0.29, 0.717) is 27.5 Å². The molecule has 1 heterocycles. The number of thiazole rings is 1. The average molecular weight is 447 g/mol. The standard InChI is InChI=1S/C22H20Cl2N2O2S/c1-2-3-12-28-20-7-5-4-6-15(20)8-11-21(27)26-22-25-19(14-29-22)17-10-9-16(23)13-18(17)24/h4-11,13-14H,2-3,12H2,1H3,(H,25,26,27). The van der Waals surface area contributed by atoms with Crippen LogP contribution in [0.3, 0.4) is 0 Å². The van der Waals surface area contributed by atoms with Crippen LogP contribution in [0.2, 0.25) is 10.0 Å². The summed E-state index contributed by atoms with van der Waals surface area (Å²) in [5.41, 5.74) is 2.30. The van der Waals surface area contributed by atoms with Crippen LogP contribution in [-0.4, -0.2) is 17.5 Å². The molecule has 0 saturated heterocycles. The quantitative estimate of drug-likeness (QED) is 0.300. The van der Waals surface area contributed by atoms with Crippen LogP contribution in [0.4, 0.5) is 5.13 Å². The molecule has 0 bridgehead atoms. The summed E-state index contributed by atoms with van der Waals surface area (Å²) in [6.45, 7) is 2.77. The van der Waals surface area contributed by atoms with Crippen molar-refractivity contribution in [1.29, 1.82) is 0 Å². The predicted octanol–water partition coefficient (Wildman–Crippen LogP) is 6.95. The first-order chi connectivity index (χ1) is 14.1. The lowest BCUT2D eigenvalue weighted by atomic mass is 10.2. The van der Waals surface area contributed by atoms with Crippen LogP contribution in [0.5, 0.6) is 5.75 Å². The van der Waals surface area contributed by atoms with E-state index in [9.17, 15) is 4.79 Å². The summed E-state index contributed by atoms with van der Waals surface area (Å²) in [6, 6.07) is 12.9. The van der Waals surface area contributed by atoms with E-state index >= 15 is 0 Å². The number of rotatable bonds is 8. The zero-order valence-corrected chi connectivity index (χ0v) is 18.2. The molecule has 0 aliphatic carbocycles. The van der Waals surface area contributed by atoms with Gasteiger partial charge in [-0.3, -0.25) is 10.1 Å². The van der Waals surface area contributed by atoms with Crippen LogP contribution in [0.15, 0.2) is 53.9 Å². The molecule has 0 atom stereocenters. The molecule has 0 spiro atoms. The average Bonchev–Trinajstić information content (AvgIpc) is 3.15. The van der Waals surface area contributed by atoms with E-state index in [-0.39, 0.29) is 5.91 Å². The number of nitrogens with zero attached hydrogens (tertiary/aromatic N) is 1. The second-order valence-electron chi connectivity index (χ2n) is 6.22. The monoisotopic (exact) mass is 446 g/mol. The zero-order valence-electron chi connectivity index (χ0n) is 15.8. The van der Waals surface area contributed by atoms with Gasteiger partial charge in [0.2, 0.25) is 5.91 Å². The molecule has 0 aliphatic heterocycles. The molecule has 0 fully saturated rings. The van der Waals surface area contributed by atoms with Gasteiger partial charge in [-0.15, -0.1) is 11.3 Å². The predicted molar refractivity (Wildman–Crippen MR) is 122 cm³/mol. The normalized spacial score (nSPS) is 11.0. The number of nitrogens with one attached hydrogen (secondary N) is 1. The summed E-state index contributed by atoms with van der Waals surface area (Å²) in [7, 11) is 0. The van der Waals surface area contributed by atoms with E-state index in [2.05, 4.69) is 17.2 Å². The second kappa shape index (κ2) is 10.4. The smallest absolute Gasteiger partial charge is 0.250 e. The topological polar surface area (TPSA) is 51.2 Å². The minimum absolute atomic E-state index is 0.267. The van der Waals surface area contributed by atoms with Crippen LogP contribution < -0.4 is 10.1 Å². The fraction of sp³-hybridized carbons (Fsp3) is 0.182. The maximum Gasteiger partial charge on any atom is 0.250 e. The molecule has 7 heteroatoms. The molecule has 1 N–H and O–H groups in total. The maximum absolute atomic E-state index is 12.3. The number of halogens is 2. The van der Waals surface area contributed by atoms with Gasteiger partial charge in [-0.1, -0.05) is 54.7 Å². The number of benzene rings is 2. The van der Waals surface area contributed by atoms with Crippen molar-refractivity contribution >= 4 is 51.7 Å². The van der Waals surface area contributed by atoms with E-state index < -0.39 is 0 Å². The van der Waals surface area contributed by atoms with Crippen molar-refractivity contribution < 1.29 is 9.53 Å². The first-order valence-corrected chi connectivity index (χ1v) is 10.8. The molecule has 0 saturated carbocycles. The van der Waals surface area contributed by atoms with Crippen molar-refractivity contribution in [3.8, 4) is 17.0 Å². The third kappa shape index (κ3) is 6.07. The molecule has 1 aromatic heterocycles. The van der Waals surface area contributed by atoms with Crippen molar-refractivity contribution in [3.63, 3.8) is 0 Å². The van der Waals surface area contributed by atoms with Crippen molar-refractivity contribution in [3.05, 3.63) is 69.5 Å². The molecule has 0 radical (unpaired) electrons. The number of aromatic nitrogens is 1. The van der Waals surface area contributed by atoms with E-state index in [0.717, 1.165) is 29.7 Å². The highest BCUT2D eigenvalue weighted by Crippen LogP contribution is 2.32. The van der Waals surface area contributed by atoms with Crippen LogP contribution in [0, 0.1) is 0 Å². The van der Waals surface area contributed by atoms with Crippen LogP contribution >= 0.6 is 34.5 Å². The Hall–Kier alpha value is -2.34. The van der Waals surface area contributed by atoms with Crippen LogP contribution in [0.1, 0.15) is 25.3 Å². The van der Waals surface area contributed by atoms with Crippen molar-refractivity contribution in [2.75, 3.05) is 11.9 Å². The summed E-state index contributed by atoms with van der Waals surface area (Å²) < 4.78 is 5.78. The Morgan fingerprint density at radius 1 is 1.24 bits per heavy atom. The van der Waals surface area contributed by atoms with Gasteiger partial charge in [0.1, 0.15) is 5.75 Å². The number of carbonyl (C=O) groups excluding carboxylic acids is 1. The van der Waals surface area contributed by atoms with Gasteiger partial charge in [0.05, 0.1) is 17.3 Å². The number of hydrogen-bond donors (Lipinski definition) is 1. The van der Waals surface area contributed by atoms with E-state index in [4.69, 9.17) is 27.9 Å². The minimum atomic E-state index is -0.267. The molecule has 4 nitrogen and oxygen atoms in total. The molecule has 1 amide bonds.